The van der Waals surface area contributed by atoms with Crippen molar-refractivity contribution in [3.8, 4) is 0 Å². The second-order valence-electron chi connectivity index (χ2n) is 14.8. The lowest BCUT2D eigenvalue weighted by Crippen LogP contribution is -2.62. The van der Waals surface area contributed by atoms with Gasteiger partial charge in [-0.15, -0.1) is 0 Å². The lowest BCUT2D eigenvalue weighted by Gasteiger charge is -2.64. The molecule has 13 atom stereocenters. The molecular weight excluding hydrogens is 472 g/mol. The molecule has 4 nitrogen and oxygen atoms in total. The molecule has 0 aliphatic heterocycles. The predicted octanol–water partition coefficient (Wildman–Crippen LogP) is 7.14. The molecule has 0 heterocycles. The summed E-state index contributed by atoms with van der Waals surface area (Å²) in [6, 6.07) is 7.61. The standard InChI is InChI=1S/C34H50O4/c1-5-22-29-18-21(35)12-14-34(29,4)28-13-15-33(3)26(10-11-27(33)30(28)31(22)36)19(2)16-20-17-25(20)23-8-6-7-9-24(23)32(37)38/h6-9,19-22,25-31,35-36H,5,10-18H2,1-4H3,(H,37,38)/t19-,20?,21-,22-,25?,26-,27?,28?,29+,30?,31-,33-,34-/m1/s1. The van der Waals surface area contributed by atoms with Gasteiger partial charge in [0.2, 0.25) is 0 Å². The Hall–Kier alpha value is -1.39. The number of fused-ring (bicyclic) bond motifs is 5. The summed E-state index contributed by atoms with van der Waals surface area (Å²) in [6.45, 7) is 9.81. The Balaban J connectivity index is 1.19. The van der Waals surface area contributed by atoms with E-state index in [1.165, 1.54) is 32.1 Å². The summed E-state index contributed by atoms with van der Waals surface area (Å²) in [5, 5.41) is 32.2. The van der Waals surface area contributed by atoms with Gasteiger partial charge in [-0.25, -0.2) is 4.79 Å². The largest absolute Gasteiger partial charge is 0.478 e. The SMILES string of the molecule is CC[C@H]1[C@@H](O)C2C3CC[C@H]([C@H](C)CC4CC4c4ccccc4C(=O)O)[C@@]3(C)CCC2[C@@]2(C)CC[C@@H](O)C[C@@H]12. The highest BCUT2D eigenvalue weighted by molar-refractivity contribution is 5.89. The molecule has 5 aliphatic rings. The third-order valence-corrected chi connectivity index (χ3v) is 13.3. The van der Waals surface area contributed by atoms with Crippen LogP contribution >= 0.6 is 0 Å². The first kappa shape index (κ1) is 26.8. The van der Waals surface area contributed by atoms with Crippen molar-refractivity contribution < 1.29 is 20.1 Å². The van der Waals surface area contributed by atoms with E-state index in [4.69, 9.17) is 0 Å². The van der Waals surface area contributed by atoms with Crippen LogP contribution in [0.2, 0.25) is 0 Å². The zero-order chi connectivity index (χ0) is 27.0. The average Bonchev–Trinajstić information content (AvgIpc) is 3.55. The fraction of sp³-hybridized carbons (Fsp3) is 0.794. The Morgan fingerprint density at radius 2 is 1.68 bits per heavy atom. The molecule has 5 unspecified atom stereocenters. The van der Waals surface area contributed by atoms with Gasteiger partial charge in [0.1, 0.15) is 0 Å². The Kier molecular flexibility index (Phi) is 6.78. The van der Waals surface area contributed by atoms with Gasteiger partial charge in [-0.1, -0.05) is 52.3 Å². The molecule has 0 spiro atoms. The van der Waals surface area contributed by atoms with Crippen molar-refractivity contribution in [3.05, 3.63) is 35.4 Å². The second-order valence-corrected chi connectivity index (χ2v) is 14.8. The van der Waals surface area contributed by atoms with E-state index >= 15 is 0 Å². The summed E-state index contributed by atoms with van der Waals surface area (Å²) < 4.78 is 0. The van der Waals surface area contributed by atoms with Crippen LogP contribution in [0.1, 0.15) is 114 Å². The molecule has 0 aromatic heterocycles. The van der Waals surface area contributed by atoms with Crippen LogP contribution in [0.15, 0.2) is 24.3 Å². The van der Waals surface area contributed by atoms with Crippen LogP contribution in [0.3, 0.4) is 0 Å². The van der Waals surface area contributed by atoms with Crippen LogP contribution in [-0.2, 0) is 0 Å². The summed E-state index contributed by atoms with van der Waals surface area (Å²) in [6.07, 6.45) is 10.9. The van der Waals surface area contributed by atoms with Crippen molar-refractivity contribution in [1.29, 1.82) is 0 Å². The zero-order valence-corrected chi connectivity index (χ0v) is 24.0. The number of benzene rings is 1. The molecule has 0 saturated heterocycles. The van der Waals surface area contributed by atoms with Crippen LogP contribution < -0.4 is 0 Å². The molecule has 5 saturated carbocycles. The van der Waals surface area contributed by atoms with Crippen LogP contribution in [-0.4, -0.2) is 33.5 Å². The average molecular weight is 523 g/mol. The van der Waals surface area contributed by atoms with Crippen molar-refractivity contribution >= 4 is 5.97 Å². The highest BCUT2D eigenvalue weighted by atomic mass is 16.4. The molecule has 5 fully saturated rings. The molecule has 6 rings (SSSR count). The molecule has 210 valence electrons. The first-order valence-corrected chi connectivity index (χ1v) is 15.8. The zero-order valence-electron chi connectivity index (χ0n) is 24.0. The normalized spacial score (nSPS) is 48.5. The minimum atomic E-state index is -0.804. The number of rotatable bonds is 6. The topological polar surface area (TPSA) is 77.8 Å². The third kappa shape index (κ3) is 4.02. The van der Waals surface area contributed by atoms with Gasteiger partial charge in [0, 0.05) is 0 Å². The van der Waals surface area contributed by atoms with Gasteiger partial charge in [0.05, 0.1) is 17.8 Å². The quantitative estimate of drug-likeness (QED) is 0.371. The van der Waals surface area contributed by atoms with Crippen LogP contribution in [0.5, 0.6) is 0 Å². The van der Waals surface area contributed by atoms with Crippen molar-refractivity contribution in [2.75, 3.05) is 0 Å². The van der Waals surface area contributed by atoms with E-state index in [2.05, 4.69) is 27.7 Å². The molecule has 0 radical (unpaired) electrons. The van der Waals surface area contributed by atoms with Crippen LogP contribution in [0.4, 0.5) is 0 Å². The summed E-state index contributed by atoms with van der Waals surface area (Å²) in [5.41, 5.74) is 2.07. The number of carboxylic acids is 1. The molecule has 1 aromatic carbocycles. The maximum Gasteiger partial charge on any atom is 0.335 e. The number of aliphatic hydroxyl groups is 2. The van der Waals surface area contributed by atoms with Crippen LogP contribution in [0.25, 0.3) is 0 Å². The summed E-state index contributed by atoms with van der Waals surface area (Å²) in [5.74, 6) is 3.88. The number of aliphatic hydroxyl groups excluding tert-OH is 2. The van der Waals surface area contributed by atoms with Gasteiger partial charge in [-0.05, 0) is 134 Å². The van der Waals surface area contributed by atoms with Gasteiger partial charge in [0.25, 0.3) is 0 Å². The Morgan fingerprint density at radius 3 is 2.42 bits per heavy atom. The number of hydrogen-bond donors (Lipinski definition) is 3. The minimum Gasteiger partial charge on any atom is -0.478 e. The monoisotopic (exact) mass is 522 g/mol. The molecule has 3 N–H and O–H groups in total. The predicted molar refractivity (Wildman–Crippen MR) is 150 cm³/mol. The lowest BCUT2D eigenvalue weighted by atomic mass is 9.41. The van der Waals surface area contributed by atoms with Gasteiger partial charge < -0.3 is 15.3 Å². The molecule has 5 aliphatic carbocycles. The maximum absolute atomic E-state index is 11.9. The first-order chi connectivity index (χ1) is 18.1. The van der Waals surface area contributed by atoms with E-state index in [1.807, 2.05) is 18.2 Å². The van der Waals surface area contributed by atoms with E-state index in [1.54, 1.807) is 6.07 Å². The number of aromatic carboxylic acids is 1. The molecule has 4 heteroatoms. The van der Waals surface area contributed by atoms with Crippen LogP contribution in [0, 0.1) is 58.2 Å². The van der Waals surface area contributed by atoms with E-state index in [-0.39, 0.29) is 17.6 Å². The van der Waals surface area contributed by atoms with E-state index in [0.717, 1.165) is 37.7 Å². The smallest absolute Gasteiger partial charge is 0.335 e. The lowest BCUT2D eigenvalue weighted by molar-refractivity contribution is -0.203. The number of hydrogen-bond acceptors (Lipinski definition) is 3. The molecule has 1 aromatic rings. The van der Waals surface area contributed by atoms with Crippen molar-refractivity contribution in [2.24, 2.45) is 58.2 Å². The van der Waals surface area contributed by atoms with Crippen molar-refractivity contribution in [1.82, 2.24) is 0 Å². The second kappa shape index (κ2) is 9.61. The van der Waals surface area contributed by atoms with E-state index in [9.17, 15) is 20.1 Å². The van der Waals surface area contributed by atoms with E-state index in [0.29, 0.717) is 64.2 Å². The van der Waals surface area contributed by atoms with Crippen molar-refractivity contribution in [3.63, 3.8) is 0 Å². The molecule has 0 bridgehead atoms. The third-order valence-electron chi connectivity index (χ3n) is 13.3. The minimum absolute atomic E-state index is 0.190. The Labute approximate surface area is 229 Å². The van der Waals surface area contributed by atoms with Gasteiger partial charge >= 0.3 is 5.97 Å². The van der Waals surface area contributed by atoms with Gasteiger partial charge in [0.15, 0.2) is 0 Å². The summed E-state index contributed by atoms with van der Waals surface area (Å²) in [4.78, 5) is 11.8. The summed E-state index contributed by atoms with van der Waals surface area (Å²) in [7, 11) is 0. The van der Waals surface area contributed by atoms with Crippen molar-refractivity contribution in [2.45, 2.75) is 110 Å². The highest BCUT2D eigenvalue weighted by Gasteiger charge is 2.65. The summed E-state index contributed by atoms with van der Waals surface area (Å²) >= 11 is 0. The maximum atomic E-state index is 11.9. The highest BCUT2D eigenvalue weighted by Crippen LogP contribution is 2.70. The fourth-order valence-corrected chi connectivity index (χ4v) is 11.5. The van der Waals surface area contributed by atoms with E-state index < -0.39 is 5.97 Å². The fourth-order valence-electron chi connectivity index (χ4n) is 11.5. The Bertz CT molecular complexity index is 1050. The van der Waals surface area contributed by atoms with Gasteiger partial charge in [-0.3, -0.25) is 0 Å². The first-order valence-electron chi connectivity index (χ1n) is 15.8. The molecule has 38 heavy (non-hydrogen) atoms. The van der Waals surface area contributed by atoms with Gasteiger partial charge in [-0.2, -0.15) is 0 Å². The molecule has 0 amide bonds. The molecular formula is C34H50O4. The number of carboxylic acid groups (broad SMARTS) is 1. The Morgan fingerprint density at radius 1 is 0.974 bits per heavy atom. The number of carbonyl (C=O) groups is 1.